The quantitative estimate of drug-likeness (QED) is 0.224. The minimum atomic E-state index is 0. The standard InChI is InChI=1S/C19H32N8O.HI/c1-17-23-24-18(25(17)2)16-22-19(21-7-11-26-8-3-4-9-26)20-6-5-10-27-12-14-28-15-13-27;/h3-4,8-9H,5-7,10-16H2,1-2H3,(H2,20,21,22);1H. The van der Waals surface area contributed by atoms with Gasteiger partial charge in [-0.2, -0.15) is 0 Å². The molecule has 1 aliphatic heterocycles. The van der Waals surface area contributed by atoms with Crippen LogP contribution in [0.15, 0.2) is 29.5 Å². The van der Waals surface area contributed by atoms with E-state index in [0.29, 0.717) is 6.54 Å². The zero-order valence-corrected chi connectivity index (χ0v) is 19.7. The van der Waals surface area contributed by atoms with Crippen molar-refractivity contribution in [3.05, 3.63) is 36.2 Å². The second-order valence-corrected chi connectivity index (χ2v) is 6.97. The molecule has 162 valence electrons. The van der Waals surface area contributed by atoms with Crippen molar-refractivity contribution in [2.45, 2.75) is 26.4 Å². The Balaban J connectivity index is 0.00000300. The van der Waals surface area contributed by atoms with Crippen molar-refractivity contribution in [3.63, 3.8) is 0 Å². The summed E-state index contributed by atoms with van der Waals surface area (Å²) in [5, 5.41) is 15.2. The lowest BCUT2D eigenvalue weighted by Gasteiger charge is -2.26. The molecule has 2 aromatic heterocycles. The summed E-state index contributed by atoms with van der Waals surface area (Å²) in [6, 6.07) is 4.07. The van der Waals surface area contributed by atoms with Gasteiger partial charge in [-0.1, -0.05) is 0 Å². The monoisotopic (exact) mass is 516 g/mol. The molecule has 3 heterocycles. The molecule has 10 heteroatoms. The fourth-order valence-corrected chi connectivity index (χ4v) is 3.07. The first-order valence-corrected chi connectivity index (χ1v) is 10.0. The number of hydrogen-bond acceptors (Lipinski definition) is 5. The van der Waals surface area contributed by atoms with Gasteiger partial charge in [-0.15, -0.1) is 34.2 Å². The Hall–Kier alpha value is -1.66. The van der Waals surface area contributed by atoms with Crippen LogP contribution in [-0.4, -0.2) is 76.1 Å². The molecule has 0 amide bonds. The molecule has 0 saturated carbocycles. The predicted octanol–water partition coefficient (Wildman–Crippen LogP) is 1.00. The molecular weight excluding hydrogens is 483 g/mol. The van der Waals surface area contributed by atoms with Gasteiger partial charge in [0.05, 0.1) is 13.2 Å². The van der Waals surface area contributed by atoms with Gasteiger partial charge in [0.15, 0.2) is 11.8 Å². The first kappa shape index (κ1) is 23.6. The number of morpholine rings is 1. The SMILES string of the molecule is Cc1nnc(CN=C(NCCCN2CCOCC2)NCCn2cccc2)n1C.I. The van der Waals surface area contributed by atoms with Crippen molar-refractivity contribution >= 4 is 29.9 Å². The minimum Gasteiger partial charge on any atom is -0.379 e. The van der Waals surface area contributed by atoms with Crippen molar-refractivity contribution in [1.82, 2.24) is 34.9 Å². The highest BCUT2D eigenvalue weighted by molar-refractivity contribution is 14.0. The van der Waals surface area contributed by atoms with Crippen LogP contribution in [0.3, 0.4) is 0 Å². The number of aryl methyl sites for hydroxylation is 1. The van der Waals surface area contributed by atoms with Gasteiger partial charge in [-0.25, -0.2) is 4.99 Å². The van der Waals surface area contributed by atoms with Gasteiger partial charge in [-0.3, -0.25) is 4.90 Å². The van der Waals surface area contributed by atoms with Gasteiger partial charge < -0.3 is 24.5 Å². The largest absolute Gasteiger partial charge is 0.379 e. The van der Waals surface area contributed by atoms with Crippen LogP contribution >= 0.6 is 24.0 Å². The Morgan fingerprint density at radius 3 is 2.52 bits per heavy atom. The summed E-state index contributed by atoms with van der Waals surface area (Å²) in [4.78, 5) is 7.15. The van der Waals surface area contributed by atoms with Crippen LogP contribution < -0.4 is 10.6 Å². The number of ether oxygens (including phenoxy) is 1. The van der Waals surface area contributed by atoms with Gasteiger partial charge in [0.25, 0.3) is 0 Å². The van der Waals surface area contributed by atoms with E-state index in [1.165, 1.54) is 0 Å². The molecule has 1 aliphatic rings. The molecule has 0 unspecified atom stereocenters. The lowest BCUT2D eigenvalue weighted by molar-refractivity contribution is 0.0376. The summed E-state index contributed by atoms with van der Waals surface area (Å²) in [5.74, 6) is 2.57. The summed E-state index contributed by atoms with van der Waals surface area (Å²) in [6.45, 7) is 9.85. The van der Waals surface area contributed by atoms with E-state index >= 15 is 0 Å². The normalized spacial score (nSPS) is 15.2. The maximum atomic E-state index is 5.40. The van der Waals surface area contributed by atoms with E-state index in [-0.39, 0.29) is 24.0 Å². The average Bonchev–Trinajstić information content (AvgIpc) is 3.34. The topological polar surface area (TPSA) is 84.5 Å². The van der Waals surface area contributed by atoms with Gasteiger partial charge >= 0.3 is 0 Å². The average molecular weight is 516 g/mol. The zero-order valence-electron chi connectivity index (χ0n) is 17.4. The minimum absolute atomic E-state index is 0. The number of guanidine groups is 1. The van der Waals surface area contributed by atoms with Crippen molar-refractivity contribution in [3.8, 4) is 0 Å². The number of nitrogens with one attached hydrogen (secondary N) is 2. The molecule has 2 N–H and O–H groups in total. The maximum absolute atomic E-state index is 5.40. The van der Waals surface area contributed by atoms with E-state index in [9.17, 15) is 0 Å². The lowest BCUT2D eigenvalue weighted by Crippen LogP contribution is -2.41. The first-order valence-electron chi connectivity index (χ1n) is 10.0. The van der Waals surface area contributed by atoms with Crippen LogP contribution in [-0.2, 0) is 24.9 Å². The summed E-state index contributed by atoms with van der Waals surface area (Å²) in [7, 11) is 1.97. The Morgan fingerprint density at radius 2 is 1.83 bits per heavy atom. The fourth-order valence-electron chi connectivity index (χ4n) is 3.07. The van der Waals surface area contributed by atoms with E-state index < -0.39 is 0 Å². The zero-order chi connectivity index (χ0) is 19.6. The third kappa shape index (κ3) is 7.94. The van der Waals surface area contributed by atoms with Crippen LogP contribution in [0.2, 0.25) is 0 Å². The number of nitrogens with zero attached hydrogens (tertiary/aromatic N) is 6. The molecule has 3 rings (SSSR count). The van der Waals surface area contributed by atoms with Crippen LogP contribution in [0, 0.1) is 6.92 Å². The molecular formula is C19H33IN8O. The summed E-state index contributed by atoms with van der Waals surface area (Å²) < 4.78 is 9.52. The number of rotatable bonds is 9. The Morgan fingerprint density at radius 1 is 1.10 bits per heavy atom. The summed E-state index contributed by atoms with van der Waals surface area (Å²) >= 11 is 0. The van der Waals surface area contributed by atoms with Crippen LogP contribution in [0.25, 0.3) is 0 Å². The predicted molar refractivity (Wildman–Crippen MR) is 125 cm³/mol. The smallest absolute Gasteiger partial charge is 0.191 e. The van der Waals surface area contributed by atoms with Gasteiger partial charge in [0.1, 0.15) is 12.4 Å². The third-order valence-electron chi connectivity index (χ3n) is 4.94. The van der Waals surface area contributed by atoms with Crippen LogP contribution in [0.4, 0.5) is 0 Å². The molecule has 1 saturated heterocycles. The molecule has 0 atom stereocenters. The third-order valence-corrected chi connectivity index (χ3v) is 4.94. The number of aromatic nitrogens is 4. The molecule has 2 aromatic rings. The van der Waals surface area contributed by atoms with Crippen molar-refractivity contribution in [1.29, 1.82) is 0 Å². The van der Waals surface area contributed by atoms with Crippen molar-refractivity contribution in [2.75, 3.05) is 45.9 Å². The number of aliphatic imine (C=N–C) groups is 1. The molecule has 0 aliphatic carbocycles. The molecule has 29 heavy (non-hydrogen) atoms. The summed E-state index contributed by atoms with van der Waals surface area (Å²) in [5.41, 5.74) is 0. The molecule has 9 nitrogen and oxygen atoms in total. The van der Waals surface area contributed by atoms with Crippen molar-refractivity contribution < 1.29 is 4.74 Å². The highest BCUT2D eigenvalue weighted by Gasteiger charge is 2.09. The number of halogens is 1. The Labute approximate surface area is 189 Å². The lowest BCUT2D eigenvalue weighted by atomic mass is 10.3. The van der Waals surface area contributed by atoms with E-state index in [2.05, 4.69) is 42.7 Å². The van der Waals surface area contributed by atoms with E-state index in [1.54, 1.807) is 0 Å². The van der Waals surface area contributed by atoms with Crippen molar-refractivity contribution in [2.24, 2.45) is 12.0 Å². The van der Waals surface area contributed by atoms with Gasteiger partial charge in [-0.05, 0) is 32.0 Å². The van der Waals surface area contributed by atoms with Crippen LogP contribution in [0.1, 0.15) is 18.1 Å². The molecule has 0 spiro atoms. The van der Waals surface area contributed by atoms with Gasteiger partial charge in [0.2, 0.25) is 0 Å². The Kier molecular flexibility index (Phi) is 10.4. The van der Waals surface area contributed by atoms with E-state index in [1.807, 2.05) is 30.7 Å². The maximum Gasteiger partial charge on any atom is 0.191 e. The van der Waals surface area contributed by atoms with Gasteiger partial charge in [0, 0.05) is 52.2 Å². The Bertz CT molecular complexity index is 725. The van der Waals surface area contributed by atoms with E-state index in [4.69, 9.17) is 9.73 Å². The number of hydrogen-bond donors (Lipinski definition) is 2. The molecule has 1 fully saturated rings. The van der Waals surface area contributed by atoms with E-state index in [0.717, 1.165) is 76.5 Å². The first-order chi connectivity index (χ1) is 13.7. The molecule has 0 aromatic carbocycles. The fraction of sp³-hybridized carbons (Fsp3) is 0.632. The second-order valence-electron chi connectivity index (χ2n) is 6.97. The highest BCUT2D eigenvalue weighted by Crippen LogP contribution is 2.00. The molecule has 0 bridgehead atoms. The summed E-state index contributed by atoms with van der Waals surface area (Å²) in [6.07, 6.45) is 5.20. The second kappa shape index (κ2) is 12.8. The molecule has 0 radical (unpaired) electrons. The van der Waals surface area contributed by atoms with Crippen LogP contribution in [0.5, 0.6) is 0 Å². The highest BCUT2D eigenvalue weighted by atomic mass is 127.